The molecule has 0 saturated heterocycles. The highest BCUT2D eigenvalue weighted by molar-refractivity contribution is 5.85. The molecule has 0 aliphatic rings. The maximum absolute atomic E-state index is 9.28. The van der Waals surface area contributed by atoms with Gasteiger partial charge in [-0.25, -0.2) is 0 Å². The monoisotopic (exact) mass is 305 g/mol. The van der Waals surface area contributed by atoms with Crippen LogP contribution in [0.5, 0.6) is 0 Å². The molecule has 0 spiro atoms. The van der Waals surface area contributed by atoms with Crippen molar-refractivity contribution in [3.05, 3.63) is 71.3 Å². The maximum Gasteiger partial charge on any atom is 0.0582 e. The van der Waals surface area contributed by atoms with Gasteiger partial charge in [-0.15, -0.1) is 12.4 Å². The quantitative estimate of drug-likeness (QED) is 0.853. The summed E-state index contributed by atoms with van der Waals surface area (Å²) < 4.78 is 0. The third-order valence-electron chi connectivity index (χ3n) is 3.52. The highest BCUT2D eigenvalue weighted by atomic mass is 35.5. The van der Waals surface area contributed by atoms with Crippen molar-refractivity contribution in [3.8, 4) is 0 Å². The van der Waals surface area contributed by atoms with Crippen molar-refractivity contribution in [2.24, 2.45) is 0 Å². The van der Waals surface area contributed by atoms with Crippen LogP contribution in [0.1, 0.15) is 29.7 Å². The van der Waals surface area contributed by atoms with Gasteiger partial charge in [-0.1, -0.05) is 60.2 Å². The highest BCUT2D eigenvalue weighted by Gasteiger charge is 2.14. The molecule has 0 aliphatic heterocycles. The first-order chi connectivity index (χ1) is 9.69. The predicted molar refractivity (Wildman–Crippen MR) is 91.0 cm³/mol. The standard InChI is InChI=1S/C18H23NO.ClH/c1-14-8-10-17(11-9-14)18(19-15(2)13-20)12-16-6-4-3-5-7-16;/h3-11,15,18-20H,12-13H2,1-2H3;1H. The molecule has 2 aromatic rings. The lowest BCUT2D eigenvalue weighted by molar-refractivity contribution is 0.240. The molecule has 2 unspecified atom stereocenters. The Hall–Kier alpha value is -1.35. The molecular weight excluding hydrogens is 282 g/mol. The normalized spacial score (nSPS) is 13.3. The number of nitrogens with one attached hydrogen (secondary N) is 1. The highest BCUT2D eigenvalue weighted by Crippen LogP contribution is 2.19. The third-order valence-corrected chi connectivity index (χ3v) is 3.52. The summed E-state index contributed by atoms with van der Waals surface area (Å²) >= 11 is 0. The number of aryl methyl sites for hydroxylation is 1. The molecule has 2 nitrogen and oxygen atoms in total. The number of aliphatic hydroxyl groups excluding tert-OH is 1. The van der Waals surface area contributed by atoms with Gasteiger partial charge >= 0.3 is 0 Å². The van der Waals surface area contributed by atoms with Crippen molar-refractivity contribution in [2.45, 2.75) is 32.4 Å². The molecule has 0 saturated carbocycles. The molecule has 2 N–H and O–H groups in total. The van der Waals surface area contributed by atoms with E-state index in [9.17, 15) is 5.11 Å². The SMILES string of the molecule is Cc1ccc(C(Cc2ccccc2)NC(C)CO)cc1.Cl. The van der Waals surface area contributed by atoms with Crippen molar-refractivity contribution >= 4 is 12.4 Å². The number of benzene rings is 2. The van der Waals surface area contributed by atoms with E-state index in [1.165, 1.54) is 16.7 Å². The van der Waals surface area contributed by atoms with Gasteiger partial charge in [-0.2, -0.15) is 0 Å². The van der Waals surface area contributed by atoms with E-state index in [0.717, 1.165) is 6.42 Å². The smallest absolute Gasteiger partial charge is 0.0582 e. The molecule has 114 valence electrons. The van der Waals surface area contributed by atoms with Crippen molar-refractivity contribution in [1.82, 2.24) is 5.32 Å². The Morgan fingerprint density at radius 2 is 1.62 bits per heavy atom. The van der Waals surface area contributed by atoms with E-state index in [0.29, 0.717) is 0 Å². The molecule has 2 atom stereocenters. The van der Waals surface area contributed by atoms with Gasteiger partial charge in [-0.3, -0.25) is 0 Å². The summed E-state index contributed by atoms with van der Waals surface area (Å²) in [4.78, 5) is 0. The van der Waals surface area contributed by atoms with Gasteiger partial charge in [0.25, 0.3) is 0 Å². The van der Waals surface area contributed by atoms with Crippen LogP contribution in [-0.2, 0) is 6.42 Å². The van der Waals surface area contributed by atoms with E-state index in [1.54, 1.807) is 0 Å². The van der Waals surface area contributed by atoms with Gasteiger partial charge < -0.3 is 10.4 Å². The molecule has 21 heavy (non-hydrogen) atoms. The largest absolute Gasteiger partial charge is 0.395 e. The van der Waals surface area contributed by atoms with Gasteiger partial charge in [0.2, 0.25) is 0 Å². The number of halogens is 1. The van der Waals surface area contributed by atoms with Crippen LogP contribution in [-0.4, -0.2) is 17.8 Å². The van der Waals surface area contributed by atoms with Crippen molar-refractivity contribution < 1.29 is 5.11 Å². The van der Waals surface area contributed by atoms with Gasteiger partial charge in [0.15, 0.2) is 0 Å². The zero-order valence-corrected chi connectivity index (χ0v) is 13.4. The summed E-state index contributed by atoms with van der Waals surface area (Å²) in [6.07, 6.45) is 0.925. The average Bonchev–Trinajstić information content (AvgIpc) is 2.48. The number of hydrogen-bond acceptors (Lipinski definition) is 2. The minimum Gasteiger partial charge on any atom is -0.395 e. The first kappa shape index (κ1) is 17.7. The zero-order valence-electron chi connectivity index (χ0n) is 12.6. The molecular formula is C18H24ClNO. The van der Waals surface area contributed by atoms with E-state index < -0.39 is 0 Å². The fourth-order valence-electron chi connectivity index (χ4n) is 2.32. The molecule has 0 amide bonds. The molecule has 0 radical (unpaired) electrons. The second-order valence-corrected chi connectivity index (χ2v) is 5.40. The second-order valence-electron chi connectivity index (χ2n) is 5.40. The molecule has 0 aliphatic carbocycles. The van der Waals surface area contributed by atoms with Crippen LogP contribution in [0, 0.1) is 6.92 Å². The number of hydrogen-bond donors (Lipinski definition) is 2. The topological polar surface area (TPSA) is 32.3 Å². The summed E-state index contributed by atoms with van der Waals surface area (Å²) in [5.74, 6) is 0. The third kappa shape index (κ3) is 5.50. The Labute approximate surface area is 133 Å². The molecule has 2 aromatic carbocycles. The van der Waals surface area contributed by atoms with Crippen LogP contribution in [0.2, 0.25) is 0 Å². The lowest BCUT2D eigenvalue weighted by atomic mass is 9.97. The van der Waals surface area contributed by atoms with Crippen LogP contribution in [0.15, 0.2) is 54.6 Å². The molecule has 3 heteroatoms. The van der Waals surface area contributed by atoms with Gasteiger partial charge in [0, 0.05) is 12.1 Å². The van der Waals surface area contributed by atoms with E-state index >= 15 is 0 Å². The van der Waals surface area contributed by atoms with Crippen molar-refractivity contribution in [3.63, 3.8) is 0 Å². The van der Waals surface area contributed by atoms with Crippen LogP contribution in [0.3, 0.4) is 0 Å². The summed E-state index contributed by atoms with van der Waals surface area (Å²) in [6.45, 7) is 4.25. The van der Waals surface area contributed by atoms with Crippen molar-refractivity contribution in [1.29, 1.82) is 0 Å². The average molecular weight is 306 g/mol. The minimum atomic E-state index is 0. The summed E-state index contributed by atoms with van der Waals surface area (Å²) in [6, 6.07) is 19.4. The number of rotatable bonds is 6. The van der Waals surface area contributed by atoms with Gasteiger partial charge in [0.1, 0.15) is 0 Å². The summed E-state index contributed by atoms with van der Waals surface area (Å²) in [7, 11) is 0. The first-order valence-corrected chi connectivity index (χ1v) is 7.16. The summed E-state index contributed by atoms with van der Waals surface area (Å²) in [5, 5.41) is 12.8. The Bertz CT molecular complexity index is 513. The lowest BCUT2D eigenvalue weighted by Crippen LogP contribution is -2.34. The maximum atomic E-state index is 9.28. The van der Waals surface area contributed by atoms with Crippen LogP contribution < -0.4 is 5.32 Å². The van der Waals surface area contributed by atoms with Gasteiger partial charge in [-0.05, 0) is 31.4 Å². The predicted octanol–water partition coefficient (Wildman–Crippen LogP) is 3.67. The molecule has 0 aromatic heterocycles. The minimum absolute atomic E-state index is 0. The van der Waals surface area contributed by atoms with Gasteiger partial charge in [0.05, 0.1) is 6.61 Å². The van der Waals surface area contributed by atoms with E-state index in [-0.39, 0.29) is 31.1 Å². The molecule has 0 bridgehead atoms. The fraction of sp³-hybridized carbons (Fsp3) is 0.333. The molecule has 2 rings (SSSR count). The van der Waals surface area contributed by atoms with E-state index in [2.05, 4.69) is 60.8 Å². The molecule has 0 fully saturated rings. The molecule has 0 heterocycles. The Morgan fingerprint density at radius 3 is 2.19 bits per heavy atom. The fourth-order valence-corrected chi connectivity index (χ4v) is 2.32. The van der Waals surface area contributed by atoms with E-state index in [4.69, 9.17) is 0 Å². The Balaban J connectivity index is 0.00000220. The van der Waals surface area contributed by atoms with Crippen molar-refractivity contribution in [2.75, 3.05) is 6.61 Å². The Morgan fingerprint density at radius 1 is 1.00 bits per heavy atom. The number of aliphatic hydroxyl groups is 1. The zero-order chi connectivity index (χ0) is 14.4. The van der Waals surface area contributed by atoms with E-state index in [1.807, 2.05) is 13.0 Å². The van der Waals surface area contributed by atoms with Crippen LogP contribution in [0.25, 0.3) is 0 Å². The van der Waals surface area contributed by atoms with Crippen LogP contribution in [0.4, 0.5) is 0 Å². The first-order valence-electron chi connectivity index (χ1n) is 7.16. The second kappa shape index (κ2) is 8.83. The Kier molecular flexibility index (Phi) is 7.44. The lowest BCUT2D eigenvalue weighted by Gasteiger charge is -2.23. The summed E-state index contributed by atoms with van der Waals surface area (Å²) in [5.41, 5.74) is 3.83. The van der Waals surface area contributed by atoms with Crippen LogP contribution >= 0.6 is 12.4 Å².